The highest BCUT2D eigenvalue weighted by molar-refractivity contribution is 4.78. The van der Waals surface area contributed by atoms with E-state index in [1.54, 1.807) is 0 Å². The smallest absolute Gasteiger partial charge is 0.116 e. The van der Waals surface area contributed by atoms with Crippen LogP contribution < -0.4 is 11.1 Å². The minimum absolute atomic E-state index is 0.173. The van der Waals surface area contributed by atoms with Gasteiger partial charge in [-0.3, -0.25) is 0 Å². The fourth-order valence-corrected chi connectivity index (χ4v) is 1.18. The number of nitrogens with one attached hydrogen (secondary N) is 1. The lowest BCUT2D eigenvalue weighted by atomic mass is 10.0. The van der Waals surface area contributed by atoms with Crippen molar-refractivity contribution in [2.45, 2.75) is 12.6 Å². The Bertz CT molecular complexity index is 81.1. The first kappa shape index (κ1) is 6.96. The second-order valence-electron chi connectivity index (χ2n) is 2.50. The number of halogens is 1. The Balaban J connectivity index is 2.24. The molecule has 2 nitrogen and oxygen atoms in total. The summed E-state index contributed by atoms with van der Waals surface area (Å²) in [6.07, 6.45) is 0.151. The molecule has 1 fully saturated rings. The van der Waals surface area contributed by atoms with Crippen LogP contribution in [-0.2, 0) is 0 Å². The summed E-state index contributed by atoms with van der Waals surface area (Å²) in [5.41, 5.74) is 5.15. The molecule has 1 rings (SSSR count). The van der Waals surface area contributed by atoms with Crippen molar-refractivity contribution in [2.24, 2.45) is 11.7 Å². The second kappa shape index (κ2) is 3.13. The first-order valence-electron chi connectivity index (χ1n) is 3.39. The zero-order valence-electron chi connectivity index (χ0n) is 5.44. The van der Waals surface area contributed by atoms with E-state index in [-0.39, 0.29) is 12.5 Å². The lowest BCUT2D eigenvalue weighted by Gasteiger charge is -2.10. The van der Waals surface area contributed by atoms with Crippen LogP contribution in [0, 0.1) is 5.92 Å². The van der Waals surface area contributed by atoms with Gasteiger partial charge in [0.1, 0.15) is 6.17 Å². The van der Waals surface area contributed by atoms with Crippen LogP contribution in [0.25, 0.3) is 0 Å². The van der Waals surface area contributed by atoms with Gasteiger partial charge in [-0.05, 0) is 13.0 Å². The van der Waals surface area contributed by atoms with E-state index < -0.39 is 6.17 Å². The largest absolute Gasteiger partial charge is 0.328 e. The Morgan fingerprint density at radius 2 is 2.56 bits per heavy atom. The molecule has 3 heteroatoms. The number of hydrogen-bond donors (Lipinski definition) is 2. The third-order valence-electron chi connectivity index (χ3n) is 1.84. The van der Waals surface area contributed by atoms with Gasteiger partial charge < -0.3 is 11.1 Å². The molecule has 2 atom stereocenters. The van der Waals surface area contributed by atoms with E-state index in [9.17, 15) is 4.39 Å². The van der Waals surface area contributed by atoms with Gasteiger partial charge in [0.05, 0.1) is 0 Å². The topological polar surface area (TPSA) is 38.0 Å². The van der Waals surface area contributed by atoms with Gasteiger partial charge in [-0.15, -0.1) is 0 Å². The molecule has 54 valence electrons. The minimum atomic E-state index is -0.792. The molecule has 0 aromatic rings. The molecule has 0 aliphatic carbocycles. The Morgan fingerprint density at radius 3 is 3.00 bits per heavy atom. The first-order chi connectivity index (χ1) is 4.34. The summed E-state index contributed by atoms with van der Waals surface area (Å²) in [5.74, 6) is 0.176. The van der Waals surface area contributed by atoms with Crippen molar-refractivity contribution in [2.75, 3.05) is 19.6 Å². The molecule has 1 heterocycles. The van der Waals surface area contributed by atoms with Crippen LogP contribution in [0.4, 0.5) is 4.39 Å². The van der Waals surface area contributed by atoms with E-state index in [0.29, 0.717) is 0 Å². The molecule has 0 amide bonds. The van der Waals surface area contributed by atoms with Gasteiger partial charge >= 0.3 is 0 Å². The van der Waals surface area contributed by atoms with Gasteiger partial charge in [-0.25, -0.2) is 4.39 Å². The van der Waals surface area contributed by atoms with E-state index in [1.165, 1.54) is 0 Å². The van der Waals surface area contributed by atoms with E-state index in [2.05, 4.69) is 5.32 Å². The molecule has 3 N–H and O–H groups in total. The lowest BCUT2D eigenvalue weighted by molar-refractivity contribution is 0.249. The van der Waals surface area contributed by atoms with Crippen molar-refractivity contribution < 1.29 is 4.39 Å². The maximum atomic E-state index is 12.7. The summed E-state index contributed by atoms with van der Waals surface area (Å²) < 4.78 is 12.7. The maximum absolute atomic E-state index is 12.7. The molecule has 9 heavy (non-hydrogen) atoms. The monoisotopic (exact) mass is 132 g/mol. The van der Waals surface area contributed by atoms with E-state index in [0.717, 1.165) is 19.5 Å². The Morgan fingerprint density at radius 1 is 1.78 bits per heavy atom. The van der Waals surface area contributed by atoms with Crippen molar-refractivity contribution in [1.82, 2.24) is 5.32 Å². The molecule has 0 aromatic heterocycles. The standard InChI is InChI=1S/C6H13FN2/c7-6(3-8)5-1-2-9-4-5/h5-6,9H,1-4,8H2. The predicted octanol–water partition coefficient (Wildman–Crippen LogP) is -0.107. The third-order valence-corrected chi connectivity index (χ3v) is 1.84. The molecule has 1 aliphatic rings. The van der Waals surface area contributed by atoms with E-state index in [4.69, 9.17) is 5.73 Å². The minimum Gasteiger partial charge on any atom is -0.328 e. The molecule has 0 radical (unpaired) electrons. The zero-order valence-corrected chi connectivity index (χ0v) is 5.44. The molecule has 1 aliphatic heterocycles. The Kier molecular flexibility index (Phi) is 2.42. The van der Waals surface area contributed by atoms with Crippen LogP contribution in [0.15, 0.2) is 0 Å². The highest BCUT2D eigenvalue weighted by atomic mass is 19.1. The quantitative estimate of drug-likeness (QED) is 0.550. The van der Waals surface area contributed by atoms with Crippen LogP contribution in [0.1, 0.15) is 6.42 Å². The summed E-state index contributed by atoms with van der Waals surface area (Å²) in [5, 5.41) is 3.09. The summed E-state index contributed by atoms with van der Waals surface area (Å²) in [6, 6.07) is 0. The van der Waals surface area contributed by atoms with E-state index in [1.807, 2.05) is 0 Å². The first-order valence-corrected chi connectivity index (χ1v) is 3.39. The molecular formula is C6H13FN2. The van der Waals surface area contributed by atoms with Gasteiger partial charge in [0.15, 0.2) is 0 Å². The van der Waals surface area contributed by atoms with E-state index >= 15 is 0 Å². The molecule has 0 spiro atoms. The highest BCUT2D eigenvalue weighted by Gasteiger charge is 2.22. The van der Waals surface area contributed by atoms with Gasteiger partial charge in [-0.2, -0.15) is 0 Å². The molecule has 1 saturated heterocycles. The highest BCUT2D eigenvalue weighted by Crippen LogP contribution is 2.14. The van der Waals surface area contributed by atoms with Crippen LogP contribution in [0.5, 0.6) is 0 Å². The normalized spacial score (nSPS) is 30.7. The van der Waals surface area contributed by atoms with Crippen molar-refractivity contribution in [3.63, 3.8) is 0 Å². The van der Waals surface area contributed by atoms with Crippen LogP contribution in [0.2, 0.25) is 0 Å². The predicted molar refractivity (Wildman–Crippen MR) is 34.9 cm³/mol. The summed E-state index contributed by atoms with van der Waals surface area (Å²) in [4.78, 5) is 0. The van der Waals surface area contributed by atoms with Crippen molar-refractivity contribution in [1.29, 1.82) is 0 Å². The SMILES string of the molecule is NCC(F)C1CCNC1. The Hall–Kier alpha value is -0.150. The van der Waals surface area contributed by atoms with Gasteiger partial charge in [0.25, 0.3) is 0 Å². The average molecular weight is 132 g/mol. The fraction of sp³-hybridized carbons (Fsp3) is 1.00. The molecule has 0 bridgehead atoms. The molecular weight excluding hydrogens is 119 g/mol. The van der Waals surface area contributed by atoms with Gasteiger partial charge in [0.2, 0.25) is 0 Å². The van der Waals surface area contributed by atoms with Crippen LogP contribution in [0.3, 0.4) is 0 Å². The van der Waals surface area contributed by atoms with Crippen molar-refractivity contribution >= 4 is 0 Å². The summed E-state index contributed by atoms with van der Waals surface area (Å²) >= 11 is 0. The van der Waals surface area contributed by atoms with Crippen LogP contribution in [-0.4, -0.2) is 25.8 Å². The number of alkyl halides is 1. The summed E-state index contributed by atoms with van der Waals surface area (Å²) in [6.45, 7) is 1.93. The second-order valence-corrected chi connectivity index (χ2v) is 2.50. The van der Waals surface area contributed by atoms with Crippen molar-refractivity contribution in [3.05, 3.63) is 0 Å². The molecule has 2 unspecified atom stereocenters. The van der Waals surface area contributed by atoms with Gasteiger partial charge in [0, 0.05) is 19.0 Å². The van der Waals surface area contributed by atoms with Crippen molar-refractivity contribution in [3.8, 4) is 0 Å². The zero-order chi connectivity index (χ0) is 6.69. The average Bonchev–Trinajstić information content (AvgIpc) is 2.37. The van der Waals surface area contributed by atoms with Crippen LogP contribution >= 0.6 is 0 Å². The Labute approximate surface area is 54.6 Å². The van der Waals surface area contributed by atoms with Gasteiger partial charge in [-0.1, -0.05) is 0 Å². The molecule has 0 aromatic carbocycles. The fourth-order valence-electron chi connectivity index (χ4n) is 1.18. The third kappa shape index (κ3) is 1.63. The molecule has 0 saturated carbocycles. The lowest BCUT2D eigenvalue weighted by Crippen LogP contribution is -2.26. The number of rotatable bonds is 2. The summed E-state index contributed by atoms with van der Waals surface area (Å²) in [7, 11) is 0. The maximum Gasteiger partial charge on any atom is 0.116 e. The number of nitrogens with two attached hydrogens (primary N) is 1. The number of hydrogen-bond acceptors (Lipinski definition) is 2.